The highest BCUT2D eigenvalue weighted by Gasteiger charge is 2.41. The number of nitrogens with one attached hydrogen (secondary N) is 4. The summed E-state index contributed by atoms with van der Waals surface area (Å²) in [6.07, 6.45) is 4.14. The van der Waals surface area contributed by atoms with Crippen LogP contribution in [-0.4, -0.2) is 99.1 Å². The van der Waals surface area contributed by atoms with E-state index in [4.69, 9.17) is 9.47 Å². The summed E-state index contributed by atoms with van der Waals surface area (Å²) in [5.74, 6) is -2.92. The van der Waals surface area contributed by atoms with Crippen LogP contribution in [0.1, 0.15) is 70.7 Å². The zero-order chi connectivity index (χ0) is 41.0. The molecule has 1 fully saturated rings. The Kier molecular flexibility index (Phi) is 14.8. The third kappa shape index (κ3) is 12.4. The molecule has 56 heavy (non-hydrogen) atoms. The predicted octanol–water partition coefficient (Wildman–Crippen LogP) is 2.76. The van der Waals surface area contributed by atoms with Gasteiger partial charge in [0.1, 0.15) is 35.3 Å². The largest absolute Gasteiger partial charge is 0.467 e. The molecule has 5 amide bonds. The van der Waals surface area contributed by atoms with Gasteiger partial charge in [-0.1, -0.05) is 60.7 Å². The first kappa shape index (κ1) is 43.0. The number of imidazole rings is 1. The minimum Gasteiger partial charge on any atom is -0.467 e. The van der Waals surface area contributed by atoms with Gasteiger partial charge in [-0.3, -0.25) is 19.2 Å². The number of esters is 1. The van der Waals surface area contributed by atoms with Crippen molar-refractivity contribution in [3.8, 4) is 0 Å². The number of aryl methyl sites for hydroxylation is 2. The lowest BCUT2D eigenvalue weighted by Crippen LogP contribution is -2.62. The van der Waals surface area contributed by atoms with Crippen molar-refractivity contribution >= 4 is 35.7 Å². The monoisotopic (exact) mass is 773 g/mol. The number of benzene rings is 2. The summed E-state index contributed by atoms with van der Waals surface area (Å²) in [6.45, 7) is 8.42. The Labute approximate surface area is 328 Å². The maximum Gasteiger partial charge on any atom is 0.408 e. The second kappa shape index (κ2) is 19.2. The van der Waals surface area contributed by atoms with Crippen LogP contribution in [-0.2, 0) is 59.8 Å². The molecule has 15 heteroatoms. The zero-order valence-electron chi connectivity index (χ0n) is 33.3. The molecule has 2 heterocycles. The van der Waals surface area contributed by atoms with Gasteiger partial charge in [0.2, 0.25) is 23.6 Å². The van der Waals surface area contributed by atoms with Crippen LogP contribution >= 0.6 is 0 Å². The molecule has 302 valence electrons. The van der Waals surface area contributed by atoms with E-state index in [1.54, 1.807) is 44.9 Å². The van der Waals surface area contributed by atoms with Crippen molar-refractivity contribution in [3.63, 3.8) is 0 Å². The highest BCUT2D eigenvalue weighted by molar-refractivity contribution is 5.97. The van der Waals surface area contributed by atoms with Crippen molar-refractivity contribution in [2.24, 2.45) is 7.05 Å². The molecule has 4 N–H and O–H groups in total. The number of rotatable bonds is 16. The average Bonchev–Trinajstić information content (AvgIpc) is 3.81. The molecule has 1 saturated heterocycles. The summed E-state index contributed by atoms with van der Waals surface area (Å²) < 4.78 is 12.1. The Bertz CT molecular complexity index is 1820. The molecule has 4 atom stereocenters. The molecular formula is C41H55N7O8. The number of likely N-dealkylation sites (tertiary alicyclic amines) is 1. The highest BCUT2D eigenvalue weighted by Crippen LogP contribution is 2.21. The lowest BCUT2D eigenvalue weighted by atomic mass is 9.99. The predicted molar refractivity (Wildman–Crippen MR) is 208 cm³/mol. The van der Waals surface area contributed by atoms with Crippen molar-refractivity contribution in [2.75, 3.05) is 13.7 Å². The second-order valence-corrected chi connectivity index (χ2v) is 15.5. The van der Waals surface area contributed by atoms with Gasteiger partial charge in [0, 0.05) is 38.3 Å². The van der Waals surface area contributed by atoms with Crippen LogP contribution in [0.5, 0.6) is 0 Å². The number of hydrogen-bond acceptors (Lipinski definition) is 9. The van der Waals surface area contributed by atoms with Gasteiger partial charge in [0.15, 0.2) is 0 Å². The molecule has 1 aliphatic rings. The minimum atomic E-state index is -1.52. The van der Waals surface area contributed by atoms with Crippen LogP contribution in [0.15, 0.2) is 73.2 Å². The highest BCUT2D eigenvalue weighted by atomic mass is 16.6. The summed E-state index contributed by atoms with van der Waals surface area (Å²) in [4.78, 5) is 87.0. The van der Waals surface area contributed by atoms with Crippen molar-refractivity contribution < 1.29 is 38.2 Å². The van der Waals surface area contributed by atoms with E-state index in [2.05, 4.69) is 26.3 Å². The first-order valence-electron chi connectivity index (χ1n) is 18.8. The fraction of sp³-hybridized carbons (Fsp3) is 0.488. The van der Waals surface area contributed by atoms with Crippen LogP contribution < -0.4 is 21.3 Å². The van der Waals surface area contributed by atoms with Gasteiger partial charge in [-0.05, 0) is 71.4 Å². The van der Waals surface area contributed by atoms with Gasteiger partial charge < -0.3 is 40.2 Å². The maximum atomic E-state index is 14.2. The summed E-state index contributed by atoms with van der Waals surface area (Å²) in [5.41, 5.74) is 0.0920. The summed E-state index contributed by atoms with van der Waals surface area (Å²) in [7, 11) is 3.01. The number of nitrogens with zero attached hydrogens (tertiary/aromatic N) is 3. The normalized spacial score (nSPS) is 15.8. The third-order valence-electron chi connectivity index (χ3n) is 9.43. The van der Waals surface area contributed by atoms with Gasteiger partial charge in [0.25, 0.3) is 0 Å². The Balaban J connectivity index is 1.51. The number of carbonyl (C=O) groups is 6. The van der Waals surface area contributed by atoms with Gasteiger partial charge >= 0.3 is 12.1 Å². The van der Waals surface area contributed by atoms with Gasteiger partial charge in [-0.25, -0.2) is 14.6 Å². The van der Waals surface area contributed by atoms with Crippen LogP contribution in [0, 0.1) is 0 Å². The van der Waals surface area contributed by atoms with Crippen LogP contribution in [0.4, 0.5) is 4.79 Å². The minimum absolute atomic E-state index is 0.0981. The van der Waals surface area contributed by atoms with E-state index >= 15 is 0 Å². The smallest absolute Gasteiger partial charge is 0.408 e. The number of amides is 5. The summed E-state index contributed by atoms with van der Waals surface area (Å²) in [5, 5.41) is 11.0. The molecule has 0 radical (unpaired) electrons. The van der Waals surface area contributed by atoms with E-state index in [9.17, 15) is 28.8 Å². The molecule has 3 aromatic rings. The van der Waals surface area contributed by atoms with Crippen molar-refractivity contribution in [3.05, 3.63) is 90.0 Å². The van der Waals surface area contributed by atoms with Gasteiger partial charge in [-0.2, -0.15) is 0 Å². The zero-order valence-corrected chi connectivity index (χ0v) is 33.3. The second-order valence-electron chi connectivity index (χ2n) is 15.5. The number of carbonyl (C=O) groups excluding carboxylic acids is 6. The Morgan fingerprint density at radius 1 is 0.839 bits per heavy atom. The first-order chi connectivity index (χ1) is 26.5. The molecular weight excluding hydrogens is 718 g/mol. The van der Waals surface area contributed by atoms with E-state index in [1.807, 2.05) is 60.7 Å². The van der Waals surface area contributed by atoms with E-state index in [0.717, 1.165) is 11.1 Å². The Morgan fingerprint density at radius 3 is 2.07 bits per heavy atom. The molecule has 15 nitrogen and oxygen atoms in total. The first-order valence-corrected chi connectivity index (χ1v) is 18.8. The van der Waals surface area contributed by atoms with E-state index < -0.39 is 71.0 Å². The van der Waals surface area contributed by atoms with Crippen LogP contribution in [0.2, 0.25) is 0 Å². The van der Waals surface area contributed by atoms with Crippen LogP contribution in [0.25, 0.3) is 0 Å². The van der Waals surface area contributed by atoms with E-state index in [0.29, 0.717) is 25.0 Å². The quantitative estimate of drug-likeness (QED) is 0.159. The number of methoxy groups -OCH3 is 1. The Hall–Kier alpha value is -5.73. The lowest BCUT2D eigenvalue weighted by Gasteiger charge is -2.32. The summed E-state index contributed by atoms with van der Waals surface area (Å²) in [6, 6.07) is 14.5. The summed E-state index contributed by atoms with van der Waals surface area (Å²) >= 11 is 0. The van der Waals surface area contributed by atoms with Crippen molar-refractivity contribution in [1.82, 2.24) is 35.7 Å². The third-order valence-corrected chi connectivity index (χ3v) is 9.43. The number of ether oxygens (including phenoxy) is 2. The molecule has 0 saturated carbocycles. The molecule has 0 spiro atoms. The lowest BCUT2D eigenvalue weighted by molar-refractivity contribution is -0.146. The maximum absolute atomic E-state index is 14.2. The average molecular weight is 774 g/mol. The molecule has 0 aliphatic carbocycles. The number of hydrogen-bond donors (Lipinski definition) is 4. The fourth-order valence-electron chi connectivity index (χ4n) is 6.41. The van der Waals surface area contributed by atoms with Crippen molar-refractivity contribution in [2.45, 2.75) is 108 Å². The Morgan fingerprint density at radius 2 is 1.48 bits per heavy atom. The standard InChI is InChI=1S/C41H55N7O8/c1-40(2,3)56-39(54)45-31(24-29-25-42-26-47(29)6)36(51)48-22-14-19-33(48)35(50)43-30(21-20-27-15-10-8-11-16-27)34(49)46-41(4,5)38(53)44-32(37(52)55-7)23-28-17-12-9-13-18-28/h8-13,15-18,25-26,30-33H,14,19-24H2,1-7H3,(H,43,50)(H,44,53)(H,45,54)(H,46,49)/t30-,31-,32-,33+/m0/s1. The molecule has 0 unspecified atom stereocenters. The van der Waals surface area contributed by atoms with Gasteiger partial charge in [-0.15, -0.1) is 0 Å². The SMILES string of the molecule is COC(=O)[C@H](Cc1ccccc1)NC(=O)C(C)(C)NC(=O)[C@H](CCc1ccccc1)NC(=O)[C@H]1CCCN1C(=O)[C@H](Cc1cncn1C)NC(=O)OC(C)(C)C. The molecule has 1 aliphatic heterocycles. The van der Waals surface area contributed by atoms with Crippen LogP contribution in [0.3, 0.4) is 0 Å². The van der Waals surface area contributed by atoms with Gasteiger partial charge in [0.05, 0.1) is 13.4 Å². The topological polar surface area (TPSA) is 190 Å². The number of alkyl carbamates (subject to hydrolysis) is 1. The van der Waals surface area contributed by atoms with E-state index in [1.165, 1.54) is 25.9 Å². The molecule has 0 bridgehead atoms. The van der Waals surface area contributed by atoms with Crippen molar-refractivity contribution in [1.29, 1.82) is 0 Å². The number of aromatic nitrogens is 2. The fourth-order valence-corrected chi connectivity index (χ4v) is 6.41. The molecule has 4 rings (SSSR count). The molecule has 2 aromatic carbocycles. The van der Waals surface area contributed by atoms with E-state index in [-0.39, 0.29) is 25.8 Å². The molecule has 1 aromatic heterocycles.